The van der Waals surface area contributed by atoms with Crippen LogP contribution in [0, 0.1) is 12.7 Å². The van der Waals surface area contributed by atoms with Crippen molar-refractivity contribution in [1.82, 2.24) is 10.1 Å². The van der Waals surface area contributed by atoms with Crippen molar-refractivity contribution < 1.29 is 13.7 Å². The minimum absolute atomic E-state index is 0.0769. The van der Waals surface area contributed by atoms with Crippen LogP contribution in [0.3, 0.4) is 0 Å². The van der Waals surface area contributed by atoms with Crippen molar-refractivity contribution in [2.24, 2.45) is 0 Å². The molecular weight excluding hydrogens is 283 g/mol. The van der Waals surface area contributed by atoms with Crippen molar-refractivity contribution in [3.8, 4) is 0 Å². The summed E-state index contributed by atoms with van der Waals surface area (Å²) in [6.45, 7) is 8.46. The van der Waals surface area contributed by atoms with Gasteiger partial charge in [0.2, 0.25) is 0 Å². The van der Waals surface area contributed by atoms with E-state index in [4.69, 9.17) is 4.52 Å². The molecule has 2 aromatic rings. The van der Waals surface area contributed by atoms with Gasteiger partial charge in [0.05, 0.1) is 5.69 Å². The van der Waals surface area contributed by atoms with Gasteiger partial charge in [0, 0.05) is 19.0 Å². The molecule has 1 aromatic carbocycles. The summed E-state index contributed by atoms with van der Waals surface area (Å²) >= 11 is 0. The quantitative estimate of drug-likeness (QED) is 0.841. The molecule has 0 aliphatic heterocycles. The van der Waals surface area contributed by atoms with Gasteiger partial charge in [-0.25, -0.2) is 4.39 Å². The maximum Gasteiger partial charge on any atom is 0.259 e. The number of amides is 1. The van der Waals surface area contributed by atoms with Gasteiger partial charge in [0.15, 0.2) is 5.76 Å². The van der Waals surface area contributed by atoms with Crippen LogP contribution in [0.1, 0.15) is 54.1 Å². The Hall–Kier alpha value is -2.17. The normalized spacial score (nSPS) is 11.0. The summed E-state index contributed by atoms with van der Waals surface area (Å²) in [6, 6.07) is 6.29. The third-order valence-electron chi connectivity index (χ3n) is 3.56. The largest absolute Gasteiger partial charge is 0.360 e. The average Bonchev–Trinajstić information content (AvgIpc) is 2.86. The van der Waals surface area contributed by atoms with Gasteiger partial charge in [-0.1, -0.05) is 31.1 Å². The van der Waals surface area contributed by atoms with Gasteiger partial charge in [0.25, 0.3) is 5.91 Å². The minimum atomic E-state index is -0.301. The Morgan fingerprint density at radius 2 is 2.14 bits per heavy atom. The number of hydrogen-bond donors (Lipinski definition) is 0. The Labute approximate surface area is 129 Å². The fourth-order valence-electron chi connectivity index (χ4n) is 2.38. The van der Waals surface area contributed by atoms with Gasteiger partial charge >= 0.3 is 0 Å². The van der Waals surface area contributed by atoms with E-state index < -0.39 is 0 Å². The highest BCUT2D eigenvalue weighted by Gasteiger charge is 2.26. The molecule has 0 N–H and O–H groups in total. The second-order valence-corrected chi connectivity index (χ2v) is 5.61. The van der Waals surface area contributed by atoms with Crippen LogP contribution in [0.25, 0.3) is 0 Å². The van der Waals surface area contributed by atoms with E-state index in [-0.39, 0.29) is 17.6 Å². The fourth-order valence-corrected chi connectivity index (χ4v) is 2.38. The van der Waals surface area contributed by atoms with Gasteiger partial charge < -0.3 is 9.42 Å². The van der Waals surface area contributed by atoms with Crippen LogP contribution in [0.5, 0.6) is 0 Å². The topological polar surface area (TPSA) is 46.3 Å². The van der Waals surface area contributed by atoms with E-state index in [1.165, 1.54) is 12.1 Å². The molecule has 0 bridgehead atoms. The molecule has 1 aromatic heterocycles. The van der Waals surface area contributed by atoms with E-state index in [0.717, 1.165) is 5.56 Å². The maximum absolute atomic E-state index is 13.3. The van der Waals surface area contributed by atoms with Gasteiger partial charge in [-0.3, -0.25) is 4.79 Å². The number of nitrogens with zero attached hydrogens (tertiary/aromatic N) is 2. The zero-order chi connectivity index (χ0) is 16.3. The van der Waals surface area contributed by atoms with Crippen LogP contribution in [-0.4, -0.2) is 22.5 Å². The molecule has 22 heavy (non-hydrogen) atoms. The highest BCUT2D eigenvalue weighted by atomic mass is 19.1. The van der Waals surface area contributed by atoms with Crippen LogP contribution in [0.15, 0.2) is 28.8 Å². The fraction of sp³-hybridized carbons (Fsp3) is 0.412. The molecule has 4 nitrogen and oxygen atoms in total. The van der Waals surface area contributed by atoms with Crippen molar-refractivity contribution >= 4 is 5.91 Å². The molecule has 1 amide bonds. The number of halogens is 1. The number of carbonyl (C=O) groups is 1. The van der Waals surface area contributed by atoms with Crippen LogP contribution in [-0.2, 0) is 6.54 Å². The Kier molecular flexibility index (Phi) is 4.96. The monoisotopic (exact) mass is 304 g/mol. The molecule has 0 aliphatic carbocycles. The highest BCUT2D eigenvalue weighted by Crippen LogP contribution is 2.24. The van der Waals surface area contributed by atoms with Crippen LogP contribution >= 0.6 is 0 Å². The summed E-state index contributed by atoms with van der Waals surface area (Å²) in [5.74, 6) is 0.243. The molecule has 0 saturated carbocycles. The van der Waals surface area contributed by atoms with E-state index in [1.807, 2.05) is 26.8 Å². The van der Waals surface area contributed by atoms with E-state index >= 15 is 0 Å². The molecule has 0 radical (unpaired) electrons. The lowest BCUT2D eigenvalue weighted by Gasteiger charge is -2.21. The first kappa shape index (κ1) is 16.2. The predicted octanol–water partition coefficient (Wildman–Crippen LogP) is 3.91. The Morgan fingerprint density at radius 1 is 1.41 bits per heavy atom. The summed E-state index contributed by atoms with van der Waals surface area (Å²) in [5, 5.41) is 3.91. The summed E-state index contributed by atoms with van der Waals surface area (Å²) in [4.78, 5) is 14.5. The number of aromatic nitrogens is 1. The Morgan fingerprint density at radius 3 is 2.73 bits per heavy atom. The van der Waals surface area contributed by atoms with Gasteiger partial charge in [-0.15, -0.1) is 0 Å². The summed E-state index contributed by atoms with van der Waals surface area (Å²) in [6.07, 6.45) is 0. The van der Waals surface area contributed by atoms with Crippen molar-refractivity contribution in [1.29, 1.82) is 0 Å². The molecular formula is C17H21FN2O2. The van der Waals surface area contributed by atoms with E-state index in [1.54, 1.807) is 17.9 Å². The van der Waals surface area contributed by atoms with Gasteiger partial charge in [-0.05, 0) is 31.5 Å². The standard InChI is InChI=1S/C17H21FN2O2/c1-5-20(10-13-7-6-8-14(18)9-13)17(21)15-12(4)19-22-16(15)11(2)3/h6-9,11H,5,10H2,1-4H3. The van der Waals surface area contributed by atoms with Crippen LogP contribution in [0.4, 0.5) is 4.39 Å². The number of rotatable bonds is 5. The molecule has 0 aliphatic rings. The smallest absolute Gasteiger partial charge is 0.259 e. The molecule has 0 atom stereocenters. The molecule has 0 spiro atoms. The van der Waals surface area contributed by atoms with Gasteiger partial charge in [0.1, 0.15) is 11.4 Å². The van der Waals surface area contributed by atoms with E-state index in [9.17, 15) is 9.18 Å². The summed E-state index contributed by atoms with van der Waals surface area (Å²) in [5.41, 5.74) is 1.87. The zero-order valence-electron chi connectivity index (χ0n) is 13.4. The first-order valence-corrected chi connectivity index (χ1v) is 7.43. The predicted molar refractivity (Wildman–Crippen MR) is 82.1 cm³/mol. The molecule has 0 unspecified atom stereocenters. The second kappa shape index (κ2) is 6.73. The van der Waals surface area contributed by atoms with Crippen LogP contribution < -0.4 is 0 Å². The first-order chi connectivity index (χ1) is 10.4. The zero-order valence-corrected chi connectivity index (χ0v) is 13.4. The Bertz CT molecular complexity index is 664. The molecule has 0 saturated heterocycles. The van der Waals surface area contributed by atoms with Crippen molar-refractivity contribution in [2.45, 2.75) is 40.2 Å². The van der Waals surface area contributed by atoms with Gasteiger partial charge in [-0.2, -0.15) is 0 Å². The molecule has 5 heteroatoms. The van der Waals surface area contributed by atoms with E-state index in [2.05, 4.69) is 5.16 Å². The molecule has 2 rings (SSSR count). The Balaban J connectivity index is 2.28. The lowest BCUT2D eigenvalue weighted by Crippen LogP contribution is -2.31. The van der Waals surface area contributed by atoms with Crippen molar-refractivity contribution in [3.63, 3.8) is 0 Å². The highest BCUT2D eigenvalue weighted by molar-refractivity contribution is 5.96. The summed E-state index contributed by atoms with van der Waals surface area (Å²) < 4.78 is 18.6. The molecule has 1 heterocycles. The molecule has 118 valence electrons. The lowest BCUT2D eigenvalue weighted by molar-refractivity contribution is 0.0749. The van der Waals surface area contributed by atoms with Crippen molar-refractivity contribution in [3.05, 3.63) is 52.7 Å². The van der Waals surface area contributed by atoms with E-state index in [0.29, 0.717) is 30.1 Å². The minimum Gasteiger partial charge on any atom is -0.360 e. The molecule has 0 fully saturated rings. The third-order valence-corrected chi connectivity index (χ3v) is 3.56. The number of hydrogen-bond acceptors (Lipinski definition) is 3. The summed E-state index contributed by atoms with van der Waals surface area (Å²) in [7, 11) is 0. The second-order valence-electron chi connectivity index (χ2n) is 5.61. The number of benzene rings is 1. The SMILES string of the molecule is CCN(Cc1cccc(F)c1)C(=O)c1c(C)noc1C(C)C. The third kappa shape index (κ3) is 3.35. The average molecular weight is 304 g/mol. The van der Waals surface area contributed by atoms with Crippen molar-refractivity contribution in [2.75, 3.05) is 6.54 Å². The number of carbonyl (C=O) groups excluding carboxylic acids is 1. The lowest BCUT2D eigenvalue weighted by atomic mass is 10.0. The number of aryl methyl sites for hydroxylation is 1. The van der Waals surface area contributed by atoms with Crippen LogP contribution in [0.2, 0.25) is 0 Å². The maximum atomic E-state index is 13.3. The first-order valence-electron chi connectivity index (χ1n) is 7.43.